The molecule has 0 aliphatic carbocycles. The van der Waals surface area contributed by atoms with Crippen LogP contribution in [0.25, 0.3) is 0 Å². The van der Waals surface area contributed by atoms with Crippen LogP contribution in [-0.2, 0) is 12.2 Å². The Labute approximate surface area is 98.0 Å². The first-order valence-corrected chi connectivity index (χ1v) is 6.15. The number of aromatic amines is 1. The maximum Gasteiger partial charge on any atom is 0.208 e. The molecule has 2 heterocycles. The molecule has 0 bridgehead atoms. The van der Waals surface area contributed by atoms with Crippen molar-refractivity contribution in [2.45, 2.75) is 38.1 Å². The van der Waals surface area contributed by atoms with E-state index in [4.69, 9.17) is 4.52 Å². The van der Waals surface area contributed by atoms with Gasteiger partial charge in [-0.25, -0.2) is 4.98 Å². The van der Waals surface area contributed by atoms with Gasteiger partial charge in [0, 0.05) is 17.7 Å². The molecular formula is C10H14N4OS. The third-order valence-corrected chi connectivity index (χ3v) is 3.25. The number of H-pyrrole nitrogens is 1. The van der Waals surface area contributed by atoms with Gasteiger partial charge in [0.15, 0.2) is 0 Å². The summed E-state index contributed by atoms with van der Waals surface area (Å²) in [6.07, 6.45) is 0.874. The van der Waals surface area contributed by atoms with Crippen LogP contribution in [0.2, 0.25) is 0 Å². The van der Waals surface area contributed by atoms with Crippen molar-refractivity contribution in [3.05, 3.63) is 22.8 Å². The van der Waals surface area contributed by atoms with Gasteiger partial charge < -0.3 is 4.52 Å². The third-order valence-electron chi connectivity index (χ3n) is 2.37. The van der Waals surface area contributed by atoms with Gasteiger partial charge in [-0.2, -0.15) is 0 Å². The molecule has 0 fully saturated rings. The molecule has 2 aromatic rings. The average Bonchev–Trinajstić information content (AvgIpc) is 2.85. The highest BCUT2D eigenvalue weighted by atomic mass is 32.2. The predicted octanol–water partition coefficient (Wildman–Crippen LogP) is 2.26. The van der Waals surface area contributed by atoms with E-state index in [1.165, 1.54) is 0 Å². The number of rotatable bonds is 4. The van der Waals surface area contributed by atoms with Crippen molar-refractivity contribution in [1.82, 2.24) is 20.3 Å². The van der Waals surface area contributed by atoms with Gasteiger partial charge in [0.25, 0.3) is 0 Å². The van der Waals surface area contributed by atoms with Crippen LogP contribution in [0.3, 0.4) is 0 Å². The van der Waals surface area contributed by atoms with Crippen LogP contribution < -0.4 is 0 Å². The van der Waals surface area contributed by atoms with Gasteiger partial charge in [0.05, 0.1) is 5.69 Å². The first-order chi connectivity index (χ1) is 7.70. The molecule has 0 radical (unpaired) electrons. The standard InChI is InChI=1S/C10H14N4OS/c1-4-9-11-10(13-12-9)16-5-8-6(2)14-15-7(8)3/h4-5H2,1-3H3,(H,11,12,13). The lowest BCUT2D eigenvalue weighted by molar-refractivity contribution is 0.392. The number of thioether (sulfide) groups is 1. The van der Waals surface area contributed by atoms with E-state index in [2.05, 4.69) is 20.3 Å². The van der Waals surface area contributed by atoms with Gasteiger partial charge in [-0.05, 0) is 13.8 Å². The molecule has 86 valence electrons. The Balaban J connectivity index is 2.02. The zero-order valence-electron chi connectivity index (χ0n) is 9.57. The molecule has 0 atom stereocenters. The molecule has 0 saturated carbocycles. The summed E-state index contributed by atoms with van der Waals surface area (Å²) in [5.74, 6) is 2.58. The molecule has 1 N–H and O–H groups in total. The van der Waals surface area contributed by atoms with Crippen molar-refractivity contribution < 1.29 is 4.52 Å². The van der Waals surface area contributed by atoms with Gasteiger partial charge in [0.2, 0.25) is 5.16 Å². The molecule has 0 unspecified atom stereocenters. The molecule has 5 nitrogen and oxygen atoms in total. The van der Waals surface area contributed by atoms with Crippen molar-refractivity contribution in [3.63, 3.8) is 0 Å². The van der Waals surface area contributed by atoms with E-state index in [0.29, 0.717) is 0 Å². The summed E-state index contributed by atoms with van der Waals surface area (Å²) in [4.78, 5) is 4.33. The summed E-state index contributed by atoms with van der Waals surface area (Å²) in [5.41, 5.74) is 2.07. The molecule has 0 aromatic carbocycles. The van der Waals surface area contributed by atoms with Crippen LogP contribution in [0.1, 0.15) is 29.8 Å². The second-order valence-corrected chi connectivity index (χ2v) is 4.45. The van der Waals surface area contributed by atoms with Gasteiger partial charge in [-0.1, -0.05) is 23.8 Å². The fourth-order valence-electron chi connectivity index (χ4n) is 1.35. The number of nitrogens with zero attached hydrogens (tertiary/aromatic N) is 3. The summed E-state index contributed by atoms with van der Waals surface area (Å²) in [7, 11) is 0. The lowest BCUT2D eigenvalue weighted by Gasteiger charge is -1.95. The molecule has 16 heavy (non-hydrogen) atoms. The minimum Gasteiger partial charge on any atom is -0.361 e. The molecule has 0 amide bonds. The number of nitrogens with one attached hydrogen (secondary N) is 1. The molecule has 0 saturated heterocycles. The Morgan fingerprint density at radius 3 is 2.75 bits per heavy atom. The summed E-state index contributed by atoms with van der Waals surface area (Å²) >= 11 is 1.59. The van der Waals surface area contributed by atoms with Gasteiger partial charge in [0.1, 0.15) is 11.6 Å². The Kier molecular flexibility index (Phi) is 3.28. The Morgan fingerprint density at radius 1 is 1.38 bits per heavy atom. The summed E-state index contributed by atoms with van der Waals surface area (Å²) < 4.78 is 5.10. The van der Waals surface area contributed by atoms with E-state index in [-0.39, 0.29) is 0 Å². The minimum atomic E-state index is 0.775. The lowest BCUT2D eigenvalue weighted by Crippen LogP contribution is -1.86. The first kappa shape index (κ1) is 11.2. The van der Waals surface area contributed by atoms with E-state index < -0.39 is 0 Å². The third kappa shape index (κ3) is 2.27. The van der Waals surface area contributed by atoms with Crippen molar-refractivity contribution in [3.8, 4) is 0 Å². The Morgan fingerprint density at radius 2 is 2.19 bits per heavy atom. The van der Waals surface area contributed by atoms with Crippen LogP contribution in [0.15, 0.2) is 9.68 Å². The molecular weight excluding hydrogens is 224 g/mol. The molecule has 0 spiro atoms. The summed E-state index contributed by atoms with van der Waals surface area (Å²) in [6, 6.07) is 0. The second kappa shape index (κ2) is 4.69. The highest BCUT2D eigenvalue weighted by Crippen LogP contribution is 2.23. The van der Waals surface area contributed by atoms with E-state index in [9.17, 15) is 0 Å². The Bertz CT molecular complexity index is 457. The lowest BCUT2D eigenvalue weighted by atomic mass is 10.2. The minimum absolute atomic E-state index is 0.775. The molecule has 0 aliphatic heterocycles. The van der Waals surface area contributed by atoms with Crippen LogP contribution in [0, 0.1) is 13.8 Å². The van der Waals surface area contributed by atoms with E-state index in [1.54, 1.807) is 11.8 Å². The smallest absolute Gasteiger partial charge is 0.208 e. The Hall–Kier alpha value is -1.30. The quantitative estimate of drug-likeness (QED) is 0.827. The highest BCUT2D eigenvalue weighted by molar-refractivity contribution is 7.98. The van der Waals surface area contributed by atoms with Crippen LogP contribution in [0.4, 0.5) is 0 Å². The highest BCUT2D eigenvalue weighted by Gasteiger charge is 2.10. The average molecular weight is 238 g/mol. The molecule has 6 heteroatoms. The maximum absolute atomic E-state index is 5.10. The molecule has 0 aliphatic rings. The summed E-state index contributed by atoms with van der Waals surface area (Å²) in [6.45, 7) is 5.91. The zero-order valence-corrected chi connectivity index (χ0v) is 10.4. The predicted molar refractivity (Wildman–Crippen MR) is 61.3 cm³/mol. The van der Waals surface area contributed by atoms with E-state index in [1.807, 2.05) is 20.8 Å². The van der Waals surface area contributed by atoms with Crippen molar-refractivity contribution in [2.24, 2.45) is 0 Å². The number of hydrogen-bond acceptors (Lipinski definition) is 5. The van der Waals surface area contributed by atoms with Crippen molar-refractivity contribution in [2.75, 3.05) is 0 Å². The van der Waals surface area contributed by atoms with Crippen LogP contribution >= 0.6 is 11.8 Å². The number of aromatic nitrogens is 4. The second-order valence-electron chi connectivity index (χ2n) is 3.51. The van der Waals surface area contributed by atoms with Crippen molar-refractivity contribution in [1.29, 1.82) is 0 Å². The fourth-order valence-corrected chi connectivity index (χ4v) is 2.32. The maximum atomic E-state index is 5.10. The number of hydrogen-bond donors (Lipinski definition) is 1. The van der Waals surface area contributed by atoms with Gasteiger partial charge in [-0.3, -0.25) is 5.10 Å². The number of aryl methyl sites for hydroxylation is 3. The zero-order chi connectivity index (χ0) is 11.5. The monoisotopic (exact) mass is 238 g/mol. The summed E-state index contributed by atoms with van der Waals surface area (Å²) in [5, 5.41) is 11.7. The largest absolute Gasteiger partial charge is 0.361 e. The topological polar surface area (TPSA) is 67.6 Å². The molecule has 2 rings (SSSR count). The fraction of sp³-hybridized carbons (Fsp3) is 0.500. The van der Waals surface area contributed by atoms with Gasteiger partial charge in [-0.15, -0.1) is 5.10 Å². The van der Waals surface area contributed by atoms with E-state index in [0.717, 1.165) is 40.2 Å². The first-order valence-electron chi connectivity index (χ1n) is 5.16. The van der Waals surface area contributed by atoms with Crippen molar-refractivity contribution >= 4 is 11.8 Å². The normalized spacial score (nSPS) is 10.9. The van der Waals surface area contributed by atoms with E-state index >= 15 is 0 Å². The van der Waals surface area contributed by atoms with Gasteiger partial charge >= 0.3 is 0 Å². The van der Waals surface area contributed by atoms with Crippen LogP contribution in [-0.4, -0.2) is 20.3 Å². The molecule has 2 aromatic heterocycles. The SMILES string of the molecule is CCc1nc(SCc2c(C)noc2C)n[nH]1. The van der Waals surface area contributed by atoms with Crippen LogP contribution in [0.5, 0.6) is 0 Å².